The van der Waals surface area contributed by atoms with Crippen molar-refractivity contribution in [2.75, 3.05) is 11.9 Å². The first kappa shape index (κ1) is 29.8. The molecule has 3 nitrogen and oxygen atoms in total. The minimum atomic E-state index is -5.06. The number of alkyl halides is 6. The lowest BCUT2D eigenvalue weighted by atomic mass is 9.81. The monoisotopic (exact) mass is 574 g/mol. The quantitative estimate of drug-likeness (QED) is 0.223. The van der Waals surface area contributed by atoms with Crippen molar-refractivity contribution >= 4 is 11.6 Å². The van der Waals surface area contributed by atoms with Gasteiger partial charge in [0.2, 0.25) is 5.91 Å². The molecule has 0 fully saturated rings. The minimum Gasteiger partial charge on any atom is -0.313 e. The number of rotatable bonds is 5. The lowest BCUT2D eigenvalue weighted by Crippen LogP contribution is -2.42. The fourth-order valence-corrected chi connectivity index (χ4v) is 4.55. The van der Waals surface area contributed by atoms with E-state index in [2.05, 4.69) is 4.98 Å². The highest BCUT2D eigenvalue weighted by atomic mass is 19.4. The molecule has 10 heteroatoms. The summed E-state index contributed by atoms with van der Waals surface area (Å²) in [6, 6.07) is 15.8. The maximum Gasteiger partial charge on any atom is 0.416 e. The molecule has 0 bridgehead atoms. The van der Waals surface area contributed by atoms with Crippen molar-refractivity contribution in [2.45, 2.75) is 38.5 Å². The van der Waals surface area contributed by atoms with Gasteiger partial charge in [0.25, 0.3) is 0 Å². The summed E-state index contributed by atoms with van der Waals surface area (Å²) >= 11 is 0. The SMILES string of the molecule is Cc1ccccc1-c1cc(-c2ccc(F)cc2)ncc1N(C)C(=O)C(C)(C)c1cc(C(F)(F)F)cc(C(F)(F)F)c1. The maximum absolute atomic E-state index is 13.8. The molecule has 1 aromatic heterocycles. The second-order valence-electron chi connectivity index (χ2n) is 10.2. The number of hydrogen-bond acceptors (Lipinski definition) is 2. The summed E-state index contributed by atoms with van der Waals surface area (Å²) in [6.07, 6.45) is -8.71. The Morgan fingerprint density at radius 1 is 0.756 bits per heavy atom. The van der Waals surface area contributed by atoms with E-state index >= 15 is 0 Å². The smallest absolute Gasteiger partial charge is 0.313 e. The van der Waals surface area contributed by atoms with E-state index in [-0.39, 0.29) is 11.8 Å². The van der Waals surface area contributed by atoms with Gasteiger partial charge in [-0.05, 0) is 86.0 Å². The van der Waals surface area contributed by atoms with Crippen LogP contribution in [0.5, 0.6) is 0 Å². The molecule has 0 spiro atoms. The number of carbonyl (C=O) groups is 1. The molecule has 1 heterocycles. The minimum absolute atomic E-state index is 0.0299. The molecule has 0 atom stereocenters. The molecule has 4 rings (SSSR count). The van der Waals surface area contributed by atoms with Gasteiger partial charge in [-0.2, -0.15) is 26.3 Å². The van der Waals surface area contributed by atoms with Gasteiger partial charge in [-0.25, -0.2) is 4.39 Å². The van der Waals surface area contributed by atoms with Crippen LogP contribution in [0.1, 0.15) is 36.1 Å². The van der Waals surface area contributed by atoms with E-state index in [0.29, 0.717) is 29.0 Å². The second-order valence-corrected chi connectivity index (χ2v) is 10.2. The molecule has 0 unspecified atom stereocenters. The first-order valence-corrected chi connectivity index (χ1v) is 12.4. The molecule has 41 heavy (non-hydrogen) atoms. The van der Waals surface area contributed by atoms with E-state index in [1.54, 1.807) is 24.3 Å². The first-order chi connectivity index (χ1) is 19.0. The Labute approximate surface area is 232 Å². The second kappa shape index (κ2) is 10.6. The molecular weight excluding hydrogens is 549 g/mol. The average molecular weight is 575 g/mol. The molecule has 0 radical (unpaired) electrons. The summed E-state index contributed by atoms with van der Waals surface area (Å²) in [6.45, 7) is 4.40. The summed E-state index contributed by atoms with van der Waals surface area (Å²) in [4.78, 5) is 19.5. The number of aromatic nitrogens is 1. The Morgan fingerprint density at radius 3 is 1.83 bits per heavy atom. The van der Waals surface area contributed by atoms with Crippen LogP contribution in [-0.2, 0) is 22.6 Å². The Kier molecular flexibility index (Phi) is 7.73. The van der Waals surface area contributed by atoms with Crippen LogP contribution in [0, 0.1) is 12.7 Å². The molecule has 3 aromatic carbocycles. The lowest BCUT2D eigenvalue weighted by molar-refractivity contribution is -0.143. The molecule has 0 aliphatic rings. The molecular formula is C31H25F7N2O. The summed E-state index contributed by atoms with van der Waals surface area (Å²) in [7, 11) is 1.39. The molecule has 0 aliphatic carbocycles. The number of aryl methyl sites for hydroxylation is 1. The number of benzene rings is 3. The normalized spacial score (nSPS) is 12.4. The highest BCUT2D eigenvalue weighted by Gasteiger charge is 2.41. The van der Waals surface area contributed by atoms with E-state index in [1.165, 1.54) is 44.1 Å². The molecule has 1 amide bonds. The van der Waals surface area contributed by atoms with Crippen LogP contribution in [0.4, 0.5) is 36.4 Å². The molecule has 214 valence electrons. The summed E-state index contributed by atoms with van der Waals surface area (Å²) in [5.41, 5.74) is -1.77. The van der Waals surface area contributed by atoms with E-state index in [0.717, 1.165) is 11.1 Å². The number of amides is 1. The van der Waals surface area contributed by atoms with Crippen molar-refractivity contribution in [2.24, 2.45) is 0 Å². The van der Waals surface area contributed by atoms with Gasteiger partial charge in [0.05, 0.1) is 34.1 Å². The predicted octanol–water partition coefficient (Wildman–Crippen LogP) is 8.84. The first-order valence-electron chi connectivity index (χ1n) is 12.4. The number of pyridine rings is 1. The van der Waals surface area contributed by atoms with Crippen LogP contribution in [0.3, 0.4) is 0 Å². The van der Waals surface area contributed by atoms with Gasteiger partial charge in [0.15, 0.2) is 0 Å². The van der Waals surface area contributed by atoms with Gasteiger partial charge in [0.1, 0.15) is 5.82 Å². The fourth-order valence-electron chi connectivity index (χ4n) is 4.55. The average Bonchev–Trinajstić information content (AvgIpc) is 2.91. The van der Waals surface area contributed by atoms with Crippen molar-refractivity contribution in [1.29, 1.82) is 0 Å². The van der Waals surface area contributed by atoms with Gasteiger partial charge >= 0.3 is 12.4 Å². The third kappa shape index (κ3) is 6.11. The number of likely N-dealkylation sites (N-methyl/N-ethyl adjacent to an activating group) is 1. The number of carbonyl (C=O) groups excluding carboxylic acids is 1. The zero-order valence-corrected chi connectivity index (χ0v) is 22.5. The van der Waals surface area contributed by atoms with E-state index in [9.17, 15) is 35.5 Å². The van der Waals surface area contributed by atoms with Crippen LogP contribution in [0.15, 0.2) is 79.0 Å². The van der Waals surface area contributed by atoms with Crippen molar-refractivity contribution in [3.05, 3.63) is 107 Å². The summed E-state index contributed by atoms with van der Waals surface area (Å²) in [5.74, 6) is -1.18. The van der Waals surface area contributed by atoms with Gasteiger partial charge in [-0.15, -0.1) is 0 Å². The van der Waals surface area contributed by atoms with Crippen molar-refractivity contribution in [3.8, 4) is 22.4 Å². The highest BCUT2D eigenvalue weighted by molar-refractivity contribution is 6.03. The van der Waals surface area contributed by atoms with Crippen LogP contribution >= 0.6 is 0 Å². The van der Waals surface area contributed by atoms with Gasteiger partial charge < -0.3 is 4.90 Å². The van der Waals surface area contributed by atoms with Crippen LogP contribution in [0.2, 0.25) is 0 Å². The third-order valence-corrected chi connectivity index (χ3v) is 6.97. The largest absolute Gasteiger partial charge is 0.416 e. The predicted molar refractivity (Wildman–Crippen MR) is 143 cm³/mol. The molecule has 4 aromatic rings. The Hall–Kier alpha value is -4.21. The fraction of sp³-hybridized carbons (Fsp3) is 0.226. The third-order valence-electron chi connectivity index (χ3n) is 6.97. The topological polar surface area (TPSA) is 33.2 Å². The summed E-state index contributed by atoms with van der Waals surface area (Å²) < 4.78 is 94.7. The van der Waals surface area contributed by atoms with Crippen LogP contribution in [-0.4, -0.2) is 17.9 Å². The van der Waals surface area contributed by atoms with E-state index < -0.39 is 46.2 Å². The van der Waals surface area contributed by atoms with Crippen LogP contribution in [0.25, 0.3) is 22.4 Å². The molecule has 0 saturated heterocycles. The maximum atomic E-state index is 13.8. The number of nitrogens with zero attached hydrogens (tertiary/aromatic N) is 2. The zero-order chi connectivity index (χ0) is 30.3. The van der Waals surface area contributed by atoms with Crippen molar-refractivity contribution in [1.82, 2.24) is 4.98 Å². The van der Waals surface area contributed by atoms with Crippen molar-refractivity contribution < 1.29 is 35.5 Å². The molecule has 0 saturated carbocycles. The zero-order valence-electron chi connectivity index (χ0n) is 22.5. The highest BCUT2D eigenvalue weighted by Crippen LogP contribution is 2.41. The summed E-state index contributed by atoms with van der Waals surface area (Å²) in [5, 5.41) is 0. The van der Waals surface area contributed by atoms with Crippen LogP contribution < -0.4 is 4.90 Å². The van der Waals surface area contributed by atoms with Gasteiger partial charge in [-0.3, -0.25) is 9.78 Å². The van der Waals surface area contributed by atoms with E-state index in [1.807, 2.05) is 25.1 Å². The Morgan fingerprint density at radius 2 is 1.29 bits per heavy atom. The van der Waals surface area contributed by atoms with Crippen molar-refractivity contribution in [3.63, 3.8) is 0 Å². The van der Waals surface area contributed by atoms with Gasteiger partial charge in [0, 0.05) is 18.2 Å². The Balaban J connectivity index is 1.84. The van der Waals surface area contributed by atoms with Gasteiger partial charge in [-0.1, -0.05) is 24.3 Å². The molecule has 0 aliphatic heterocycles. The lowest BCUT2D eigenvalue weighted by Gasteiger charge is -2.32. The number of hydrogen-bond donors (Lipinski definition) is 0. The van der Waals surface area contributed by atoms with E-state index in [4.69, 9.17) is 0 Å². The number of halogens is 7. The number of anilines is 1. The molecule has 0 N–H and O–H groups in total. The standard InChI is InChI=1S/C31H25F7N2O/c1-18-7-5-6-8-24(18)25-16-26(19-9-11-23(32)12-10-19)39-17-27(25)40(4)28(41)29(2,3)20-13-21(30(33,34)35)15-22(14-20)31(36,37)38/h5-17H,1-4H3. The Bertz CT molecular complexity index is 1560.